The first kappa shape index (κ1) is 30.5. The Labute approximate surface area is 263 Å². The molecule has 0 unspecified atom stereocenters. The number of furan rings is 1. The van der Waals surface area contributed by atoms with Crippen molar-refractivity contribution in [2.75, 3.05) is 13.7 Å². The van der Waals surface area contributed by atoms with E-state index < -0.39 is 18.0 Å². The average Bonchev–Trinajstić information content (AvgIpc) is 3.56. The van der Waals surface area contributed by atoms with Crippen LogP contribution in [0.4, 0.5) is 0 Å². The van der Waals surface area contributed by atoms with Gasteiger partial charge in [-0.1, -0.05) is 58.3 Å². The number of thiazole rings is 1. The number of fused-ring (bicyclic) bond motifs is 1. The lowest BCUT2D eigenvalue weighted by atomic mass is 9.93. The van der Waals surface area contributed by atoms with Crippen LogP contribution < -0.4 is 19.6 Å². The number of aromatic carboxylic acids is 1. The fraction of sp³-hybridized carbons (Fsp3) is 0.226. The minimum absolute atomic E-state index is 0.0143. The predicted molar refractivity (Wildman–Crippen MR) is 166 cm³/mol. The summed E-state index contributed by atoms with van der Waals surface area (Å²) in [7, 11) is 1.54. The molecule has 0 fully saturated rings. The molecule has 1 N–H and O–H groups in total. The number of carboxylic acids is 1. The molecule has 0 saturated carbocycles. The number of carboxylic acid groups (broad SMARTS) is 1. The summed E-state index contributed by atoms with van der Waals surface area (Å²) in [6.07, 6.45) is 2.85. The molecule has 0 bridgehead atoms. The lowest BCUT2D eigenvalue weighted by molar-refractivity contribution is -0.139. The zero-order chi connectivity index (χ0) is 30.8. The lowest BCUT2D eigenvalue weighted by Crippen LogP contribution is -2.40. The molecular formula is C31H26BrClN2O7S. The molecule has 2 aromatic heterocycles. The van der Waals surface area contributed by atoms with Crippen molar-refractivity contribution in [2.24, 2.45) is 4.99 Å². The molecule has 3 heterocycles. The van der Waals surface area contributed by atoms with E-state index >= 15 is 0 Å². The second kappa shape index (κ2) is 12.7. The number of esters is 1. The van der Waals surface area contributed by atoms with E-state index in [0.717, 1.165) is 10.9 Å². The van der Waals surface area contributed by atoms with Gasteiger partial charge < -0.3 is 19.0 Å². The van der Waals surface area contributed by atoms with Gasteiger partial charge in [-0.25, -0.2) is 14.6 Å². The Morgan fingerprint density at radius 1 is 1.19 bits per heavy atom. The fourth-order valence-corrected chi connectivity index (χ4v) is 6.53. The molecule has 2 aromatic carbocycles. The average molecular weight is 686 g/mol. The molecule has 1 atom stereocenters. The smallest absolute Gasteiger partial charge is 0.338 e. The van der Waals surface area contributed by atoms with E-state index in [1.54, 1.807) is 37.3 Å². The van der Waals surface area contributed by atoms with Crippen molar-refractivity contribution in [1.29, 1.82) is 0 Å². The minimum atomic E-state index is -1.13. The Bertz CT molecular complexity index is 1960. The summed E-state index contributed by atoms with van der Waals surface area (Å²) < 4.78 is 19.7. The molecule has 43 heavy (non-hydrogen) atoms. The van der Waals surface area contributed by atoms with Gasteiger partial charge in [-0.15, -0.1) is 0 Å². The predicted octanol–water partition coefficient (Wildman–Crippen LogP) is 5.96. The van der Waals surface area contributed by atoms with E-state index in [9.17, 15) is 19.5 Å². The van der Waals surface area contributed by atoms with Crippen molar-refractivity contribution in [3.63, 3.8) is 0 Å². The summed E-state index contributed by atoms with van der Waals surface area (Å²) in [6.45, 7) is 3.89. The standard InChI is InChI=1S/C31H26BrClN2O7S/c1-4-6-22-26(30(39)41-5-2)27(20-14-17(32)8-11-24(20)40-3)35-28(36)25(43-31(35)34-22)15-18-9-12-23(42-18)16-7-10-19(29(37)38)21(33)13-16/h7-15,27H,4-6H2,1-3H3,(H,37,38)/b25-15+/t27-/m0/s1. The number of ether oxygens (including phenoxy) is 2. The summed E-state index contributed by atoms with van der Waals surface area (Å²) in [5.74, 6) is -0.318. The van der Waals surface area contributed by atoms with E-state index in [0.29, 0.717) is 55.4 Å². The van der Waals surface area contributed by atoms with E-state index in [2.05, 4.69) is 15.9 Å². The van der Waals surface area contributed by atoms with Crippen LogP contribution in [-0.4, -0.2) is 35.3 Å². The Morgan fingerprint density at radius 2 is 1.98 bits per heavy atom. The van der Waals surface area contributed by atoms with Gasteiger partial charge in [0.05, 0.1) is 40.1 Å². The Morgan fingerprint density at radius 3 is 2.65 bits per heavy atom. The number of allylic oxidation sites excluding steroid dienone is 1. The summed E-state index contributed by atoms with van der Waals surface area (Å²) >= 11 is 10.8. The van der Waals surface area contributed by atoms with Crippen LogP contribution in [0.3, 0.4) is 0 Å². The zero-order valence-electron chi connectivity index (χ0n) is 23.4. The van der Waals surface area contributed by atoms with Crippen LogP contribution in [0.2, 0.25) is 5.02 Å². The van der Waals surface area contributed by atoms with Gasteiger partial charge in [0.15, 0.2) is 4.80 Å². The van der Waals surface area contributed by atoms with Gasteiger partial charge in [0.25, 0.3) is 5.56 Å². The topological polar surface area (TPSA) is 120 Å². The van der Waals surface area contributed by atoms with Crippen molar-refractivity contribution < 1.29 is 28.6 Å². The second-order valence-electron chi connectivity index (χ2n) is 9.50. The van der Waals surface area contributed by atoms with Crippen molar-refractivity contribution >= 4 is 56.9 Å². The minimum Gasteiger partial charge on any atom is -0.496 e. The van der Waals surface area contributed by atoms with E-state index in [1.165, 1.54) is 35.1 Å². The van der Waals surface area contributed by atoms with Gasteiger partial charge >= 0.3 is 11.9 Å². The molecule has 1 aliphatic rings. The van der Waals surface area contributed by atoms with Gasteiger partial charge in [0.1, 0.15) is 23.3 Å². The molecule has 9 nitrogen and oxygen atoms in total. The first-order chi connectivity index (χ1) is 20.7. The maximum Gasteiger partial charge on any atom is 0.338 e. The molecule has 12 heteroatoms. The van der Waals surface area contributed by atoms with E-state index in [1.807, 2.05) is 19.1 Å². The summed E-state index contributed by atoms with van der Waals surface area (Å²) in [6, 6.07) is 12.5. The highest BCUT2D eigenvalue weighted by Gasteiger charge is 2.36. The molecule has 5 rings (SSSR count). The Kier molecular flexibility index (Phi) is 9.05. The third kappa shape index (κ3) is 5.97. The van der Waals surface area contributed by atoms with E-state index in [-0.39, 0.29) is 22.8 Å². The molecule has 222 valence electrons. The number of aromatic nitrogens is 1. The molecule has 1 aliphatic heterocycles. The van der Waals surface area contributed by atoms with Crippen LogP contribution >= 0.6 is 38.9 Å². The number of hydrogen-bond donors (Lipinski definition) is 1. The highest BCUT2D eigenvalue weighted by Crippen LogP contribution is 2.38. The van der Waals surface area contributed by atoms with Crippen LogP contribution in [0.25, 0.3) is 17.4 Å². The summed E-state index contributed by atoms with van der Waals surface area (Å²) in [5, 5.41) is 9.34. The quantitative estimate of drug-likeness (QED) is 0.216. The van der Waals surface area contributed by atoms with Gasteiger partial charge in [-0.3, -0.25) is 9.36 Å². The van der Waals surface area contributed by atoms with Crippen molar-refractivity contribution in [2.45, 2.75) is 32.7 Å². The van der Waals surface area contributed by atoms with Crippen LogP contribution in [0, 0.1) is 0 Å². The zero-order valence-corrected chi connectivity index (χ0v) is 26.5. The van der Waals surface area contributed by atoms with Gasteiger partial charge in [-0.2, -0.15) is 0 Å². The molecule has 0 spiro atoms. The third-order valence-corrected chi connectivity index (χ3v) is 8.55. The lowest BCUT2D eigenvalue weighted by Gasteiger charge is -2.27. The number of methoxy groups -OCH3 is 1. The molecular weight excluding hydrogens is 660 g/mol. The van der Waals surface area contributed by atoms with Crippen LogP contribution in [0.5, 0.6) is 5.75 Å². The van der Waals surface area contributed by atoms with Crippen molar-refractivity contribution in [3.8, 4) is 17.1 Å². The van der Waals surface area contributed by atoms with Gasteiger partial charge in [0.2, 0.25) is 0 Å². The fourth-order valence-electron chi connectivity index (χ4n) is 4.89. The van der Waals surface area contributed by atoms with Gasteiger partial charge in [-0.05, 0) is 55.8 Å². The maximum atomic E-state index is 14.0. The number of benzene rings is 2. The highest BCUT2D eigenvalue weighted by atomic mass is 79.9. The maximum absolute atomic E-state index is 14.0. The number of nitrogens with zero attached hydrogens (tertiary/aromatic N) is 2. The van der Waals surface area contributed by atoms with E-state index in [4.69, 9.17) is 30.5 Å². The largest absolute Gasteiger partial charge is 0.496 e. The molecule has 0 aliphatic carbocycles. The first-order valence-corrected chi connectivity index (χ1v) is 15.3. The summed E-state index contributed by atoms with van der Waals surface area (Å²) in [4.78, 5) is 44.0. The van der Waals surface area contributed by atoms with Gasteiger partial charge in [0, 0.05) is 21.7 Å². The van der Waals surface area contributed by atoms with Crippen LogP contribution in [-0.2, 0) is 9.53 Å². The molecule has 4 aromatic rings. The monoisotopic (exact) mass is 684 g/mol. The number of halogens is 2. The van der Waals surface area contributed by atoms with Crippen molar-refractivity contribution in [1.82, 2.24) is 4.57 Å². The molecule has 0 saturated heterocycles. The summed E-state index contributed by atoms with van der Waals surface area (Å²) in [5.41, 5.74) is 1.67. The van der Waals surface area contributed by atoms with Crippen molar-refractivity contribution in [3.05, 3.63) is 106 Å². The normalized spacial score (nSPS) is 14.8. The highest BCUT2D eigenvalue weighted by molar-refractivity contribution is 9.10. The Balaban J connectivity index is 1.68. The first-order valence-electron chi connectivity index (χ1n) is 13.3. The second-order valence-corrected chi connectivity index (χ2v) is 11.8. The molecule has 0 radical (unpaired) electrons. The Hall–Kier alpha value is -3.93. The number of rotatable bonds is 9. The number of hydrogen-bond acceptors (Lipinski definition) is 8. The number of carbonyl (C=O) groups is 2. The molecule has 0 amide bonds. The number of carbonyl (C=O) groups excluding carboxylic acids is 1. The van der Waals surface area contributed by atoms with Crippen LogP contribution in [0.15, 0.2) is 78.5 Å². The SMILES string of the molecule is CCCC1=C(C(=O)OCC)[C@H](c2cc(Br)ccc2OC)n2c(s/c(=C/c3ccc(-c4ccc(C(=O)O)c(Cl)c4)o3)c2=O)=N1. The van der Waals surface area contributed by atoms with Crippen LogP contribution in [0.1, 0.15) is 54.4 Å². The third-order valence-electron chi connectivity index (χ3n) is 6.76.